The van der Waals surface area contributed by atoms with Gasteiger partial charge in [0.25, 0.3) is 5.91 Å². The third-order valence-electron chi connectivity index (χ3n) is 4.69. The van der Waals surface area contributed by atoms with Gasteiger partial charge in [-0.15, -0.1) is 0 Å². The van der Waals surface area contributed by atoms with Gasteiger partial charge in [-0.2, -0.15) is 0 Å². The molecule has 0 bridgehead atoms. The van der Waals surface area contributed by atoms with Gasteiger partial charge in [0, 0.05) is 23.7 Å². The first kappa shape index (κ1) is 16.4. The Labute approximate surface area is 143 Å². The van der Waals surface area contributed by atoms with Crippen LogP contribution in [-0.2, 0) is 17.6 Å². The molecule has 24 heavy (non-hydrogen) atoms. The first-order valence-electron chi connectivity index (χ1n) is 8.56. The zero-order valence-corrected chi connectivity index (χ0v) is 14.3. The van der Waals surface area contributed by atoms with Gasteiger partial charge in [-0.05, 0) is 62.4 Å². The standard InChI is InChI=1S/C21H23NO2/c1-15-8-12-18-13-11-17(10-9-16(2)23)14-20(18)22(15)21(24)19-6-4-3-5-7-19/h3-7,11,13-15H,8-10,12H2,1-2H3/t15-/m1/s1. The van der Waals surface area contributed by atoms with Crippen LogP contribution in [0.15, 0.2) is 48.5 Å². The Balaban J connectivity index is 1.95. The topological polar surface area (TPSA) is 37.4 Å². The van der Waals surface area contributed by atoms with Crippen LogP contribution in [0.25, 0.3) is 0 Å². The second-order valence-electron chi connectivity index (χ2n) is 6.59. The lowest BCUT2D eigenvalue weighted by Crippen LogP contribution is -2.42. The molecule has 1 amide bonds. The smallest absolute Gasteiger partial charge is 0.258 e. The molecule has 0 unspecified atom stereocenters. The summed E-state index contributed by atoms with van der Waals surface area (Å²) in [6.07, 6.45) is 3.23. The molecule has 0 saturated carbocycles. The van der Waals surface area contributed by atoms with Crippen molar-refractivity contribution in [1.82, 2.24) is 0 Å². The SMILES string of the molecule is CC(=O)CCc1ccc2c(c1)N(C(=O)c1ccccc1)[C@H](C)CC2. The predicted molar refractivity (Wildman–Crippen MR) is 96.5 cm³/mol. The molecule has 3 heteroatoms. The molecule has 0 spiro atoms. The Morgan fingerprint density at radius 3 is 2.58 bits per heavy atom. The Morgan fingerprint density at radius 2 is 1.88 bits per heavy atom. The summed E-state index contributed by atoms with van der Waals surface area (Å²) in [5.74, 6) is 0.242. The zero-order valence-electron chi connectivity index (χ0n) is 14.3. The van der Waals surface area contributed by atoms with Crippen molar-refractivity contribution in [3.8, 4) is 0 Å². The molecule has 0 radical (unpaired) electrons. The average molecular weight is 321 g/mol. The minimum absolute atomic E-state index is 0.0489. The first-order valence-corrected chi connectivity index (χ1v) is 8.56. The highest BCUT2D eigenvalue weighted by molar-refractivity contribution is 6.07. The molecule has 2 aromatic carbocycles. The summed E-state index contributed by atoms with van der Waals surface area (Å²) >= 11 is 0. The molecule has 0 aliphatic carbocycles. The van der Waals surface area contributed by atoms with Crippen LogP contribution in [-0.4, -0.2) is 17.7 Å². The van der Waals surface area contributed by atoms with Crippen LogP contribution in [0.5, 0.6) is 0 Å². The molecule has 0 fully saturated rings. The van der Waals surface area contributed by atoms with Crippen LogP contribution in [0.3, 0.4) is 0 Å². The Bertz CT molecular complexity index is 752. The fourth-order valence-corrected chi connectivity index (χ4v) is 3.28. The van der Waals surface area contributed by atoms with E-state index in [1.165, 1.54) is 5.56 Å². The highest BCUT2D eigenvalue weighted by atomic mass is 16.2. The second kappa shape index (κ2) is 7.00. The average Bonchev–Trinajstić information content (AvgIpc) is 2.60. The molecule has 1 heterocycles. The first-order chi connectivity index (χ1) is 11.6. The largest absolute Gasteiger partial charge is 0.305 e. The van der Waals surface area contributed by atoms with E-state index in [-0.39, 0.29) is 17.7 Å². The molecule has 1 atom stereocenters. The van der Waals surface area contributed by atoms with Gasteiger partial charge in [-0.1, -0.05) is 30.3 Å². The number of carbonyl (C=O) groups is 2. The van der Waals surface area contributed by atoms with Crippen LogP contribution in [0.2, 0.25) is 0 Å². The number of aryl methyl sites for hydroxylation is 2. The van der Waals surface area contributed by atoms with Gasteiger partial charge in [0.15, 0.2) is 0 Å². The lowest BCUT2D eigenvalue weighted by atomic mass is 9.93. The summed E-state index contributed by atoms with van der Waals surface area (Å²) in [5, 5.41) is 0. The number of fused-ring (bicyclic) bond motifs is 1. The molecule has 3 nitrogen and oxygen atoms in total. The van der Waals surface area contributed by atoms with Gasteiger partial charge in [0.2, 0.25) is 0 Å². The van der Waals surface area contributed by atoms with Crippen molar-refractivity contribution in [2.45, 2.75) is 45.6 Å². The van der Waals surface area contributed by atoms with E-state index in [4.69, 9.17) is 0 Å². The predicted octanol–water partition coefficient (Wildman–Crippen LogP) is 4.19. The molecule has 0 saturated heterocycles. The monoisotopic (exact) mass is 321 g/mol. The van der Waals surface area contributed by atoms with E-state index >= 15 is 0 Å². The van der Waals surface area contributed by atoms with Crippen LogP contribution in [0.4, 0.5) is 5.69 Å². The molecule has 0 N–H and O–H groups in total. The van der Waals surface area contributed by atoms with Crippen LogP contribution in [0, 0.1) is 0 Å². The van der Waals surface area contributed by atoms with E-state index in [1.807, 2.05) is 35.2 Å². The number of rotatable bonds is 4. The van der Waals surface area contributed by atoms with Crippen molar-refractivity contribution in [2.24, 2.45) is 0 Å². The van der Waals surface area contributed by atoms with E-state index in [0.717, 1.165) is 30.5 Å². The van der Waals surface area contributed by atoms with Crippen LogP contribution >= 0.6 is 0 Å². The number of hydrogen-bond donors (Lipinski definition) is 0. The van der Waals surface area contributed by atoms with Crippen molar-refractivity contribution in [3.63, 3.8) is 0 Å². The normalized spacial score (nSPS) is 16.6. The van der Waals surface area contributed by atoms with E-state index < -0.39 is 0 Å². The summed E-state index contributed by atoms with van der Waals surface area (Å²) in [6.45, 7) is 3.72. The summed E-state index contributed by atoms with van der Waals surface area (Å²) in [5.41, 5.74) is 4.04. The Morgan fingerprint density at radius 1 is 1.12 bits per heavy atom. The summed E-state index contributed by atoms with van der Waals surface area (Å²) in [4.78, 5) is 26.2. The number of benzene rings is 2. The van der Waals surface area contributed by atoms with Crippen molar-refractivity contribution in [3.05, 3.63) is 65.2 Å². The van der Waals surface area contributed by atoms with E-state index in [9.17, 15) is 9.59 Å². The lowest BCUT2D eigenvalue weighted by Gasteiger charge is -2.35. The lowest BCUT2D eigenvalue weighted by molar-refractivity contribution is -0.116. The molecule has 1 aliphatic rings. The molecule has 0 aromatic heterocycles. The molecular weight excluding hydrogens is 298 g/mol. The number of nitrogens with zero attached hydrogens (tertiary/aromatic N) is 1. The van der Waals surface area contributed by atoms with E-state index in [2.05, 4.69) is 25.1 Å². The molecular formula is C21H23NO2. The second-order valence-corrected chi connectivity index (χ2v) is 6.59. The molecule has 2 aromatic rings. The highest BCUT2D eigenvalue weighted by Gasteiger charge is 2.29. The van der Waals surface area contributed by atoms with Crippen molar-refractivity contribution < 1.29 is 9.59 Å². The number of anilines is 1. The van der Waals surface area contributed by atoms with Crippen LogP contribution < -0.4 is 4.90 Å². The number of ketones is 1. The number of carbonyl (C=O) groups excluding carboxylic acids is 2. The van der Waals surface area contributed by atoms with Crippen molar-refractivity contribution in [1.29, 1.82) is 0 Å². The minimum Gasteiger partial charge on any atom is -0.305 e. The van der Waals surface area contributed by atoms with Crippen molar-refractivity contribution >= 4 is 17.4 Å². The van der Waals surface area contributed by atoms with Gasteiger partial charge < -0.3 is 9.69 Å². The maximum atomic E-state index is 13.0. The number of hydrogen-bond acceptors (Lipinski definition) is 2. The number of Topliss-reactive ketones (excluding diaryl/α,β-unsaturated/α-hetero) is 1. The van der Waals surface area contributed by atoms with Gasteiger partial charge in [-0.25, -0.2) is 0 Å². The zero-order chi connectivity index (χ0) is 17.1. The van der Waals surface area contributed by atoms with Gasteiger partial charge >= 0.3 is 0 Å². The van der Waals surface area contributed by atoms with Crippen molar-refractivity contribution in [2.75, 3.05) is 4.90 Å². The van der Waals surface area contributed by atoms with E-state index in [1.54, 1.807) is 6.92 Å². The summed E-state index contributed by atoms with van der Waals surface area (Å²) < 4.78 is 0. The maximum Gasteiger partial charge on any atom is 0.258 e. The quantitative estimate of drug-likeness (QED) is 0.847. The summed E-state index contributed by atoms with van der Waals surface area (Å²) in [7, 11) is 0. The Kier molecular flexibility index (Phi) is 4.79. The van der Waals surface area contributed by atoms with Gasteiger partial charge in [-0.3, -0.25) is 4.79 Å². The van der Waals surface area contributed by atoms with Gasteiger partial charge in [0.1, 0.15) is 5.78 Å². The highest BCUT2D eigenvalue weighted by Crippen LogP contribution is 2.33. The van der Waals surface area contributed by atoms with Crippen LogP contribution in [0.1, 0.15) is 48.2 Å². The summed E-state index contributed by atoms with van der Waals surface area (Å²) in [6, 6.07) is 15.9. The molecule has 1 aliphatic heterocycles. The third-order valence-corrected chi connectivity index (χ3v) is 4.69. The Hall–Kier alpha value is -2.42. The minimum atomic E-state index is 0.0489. The number of amides is 1. The molecule has 124 valence electrons. The third kappa shape index (κ3) is 3.40. The molecule has 3 rings (SSSR count). The maximum absolute atomic E-state index is 13.0. The fourth-order valence-electron chi connectivity index (χ4n) is 3.28. The fraction of sp³-hybridized carbons (Fsp3) is 0.333. The van der Waals surface area contributed by atoms with Gasteiger partial charge in [0.05, 0.1) is 0 Å². The van der Waals surface area contributed by atoms with E-state index in [0.29, 0.717) is 12.0 Å².